The van der Waals surface area contributed by atoms with Crippen LogP contribution in [0.2, 0.25) is 5.02 Å². The Kier molecular flexibility index (Phi) is 7.38. The lowest BCUT2D eigenvalue weighted by Gasteiger charge is -2.29. The predicted molar refractivity (Wildman–Crippen MR) is 126 cm³/mol. The minimum Gasteiger partial charge on any atom is -0.481 e. The van der Waals surface area contributed by atoms with Crippen LogP contribution in [0, 0.1) is 5.92 Å². The highest BCUT2D eigenvalue weighted by Gasteiger charge is 2.41. The number of hydrogen-bond acceptors (Lipinski definition) is 2. The third-order valence-corrected chi connectivity index (χ3v) is 5.75. The van der Waals surface area contributed by atoms with Gasteiger partial charge >= 0.3 is 12.1 Å². The van der Waals surface area contributed by atoms with Crippen molar-refractivity contribution in [2.75, 3.05) is 11.9 Å². The van der Waals surface area contributed by atoms with Crippen LogP contribution in [0.25, 0.3) is 11.1 Å². The highest BCUT2D eigenvalue weighted by Crippen LogP contribution is 2.46. The minimum atomic E-state index is -4.76. The highest BCUT2D eigenvalue weighted by atomic mass is 35.5. The van der Waals surface area contributed by atoms with E-state index >= 15 is 0 Å². The molecule has 3 aromatic carbocycles. The van der Waals surface area contributed by atoms with E-state index in [9.17, 15) is 23.1 Å². The van der Waals surface area contributed by atoms with Crippen molar-refractivity contribution in [1.82, 2.24) is 0 Å². The molecular weight excluding hydrogens is 451 g/mol. The van der Waals surface area contributed by atoms with E-state index in [2.05, 4.69) is 0 Å². The first-order valence-corrected chi connectivity index (χ1v) is 10.9. The van der Waals surface area contributed by atoms with Crippen molar-refractivity contribution in [3.05, 3.63) is 82.9 Å². The van der Waals surface area contributed by atoms with Gasteiger partial charge in [-0.3, -0.25) is 4.79 Å². The molecule has 0 saturated heterocycles. The first kappa shape index (κ1) is 24.6. The Morgan fingerprint density at radius 2 is 1.61 bits per heavy atom. The Bertz CT molecular complexity index is 1110. The van der Waals surface area contributed by atoms with Gasteiger partial charge in [0.2, 0.25) is 0 Å². The number of halogens is 4. The summed E-state index contributed by atoms with van der Waals surface area (Å²) in [6.07, 6.45) is -4.67. The molecule has 0 aromatic heterocycles. The summed E-state index contributed by atoms with van der Waals surface area (Å²) in [5.41, 5.74) is 0.429. The van der Waals surface area contributed by atoms with E-state index in [1.165, 1.54) is 24.1 Å². The topological polar surface area (TPSA) is 40.5 Å². The van der Waals surface area contributed by atoms with Gasteiger partial charge in [0.1, 0.15) is 0 Å². The summed E-state index contributed by atoms with van der Waals surface area (Å²) >= 11 is 5.96. The second-order valence-corrected chi connectivity index (χ2v) is 8.82. The van der Waals surface area contributed by atoms with Crippen LogP contribution >= 0.6 is 11.6 Å². The fraction of sp³-hybridized carbons (Fsp3) is 0.269. The Morgan fingerprint density at radius 3 is 2.12 bits per heavy atom. The van der Waals surface area contributed by atoms with Gasteiger partial charge < -0.3 is 10.0 Å². The molecular formula is C26H25ClF3NO2. The summed E-state index contributed by atoms with van der Waals surface area (Å²) in [5.74, 6) is -2.69. The van der Waals surface area contributed by atoms with Crippen molar-refractivity contribution in [3.63, 3.8) is 0 Å². The monoisotopic (exact) mass is 475 g/mol. The number of anilines is 2. The number of nitrogens with zero attached hydrogens (tertiary/aromatic N) is 1. The Hall–Kier alpha value is -2.99. The number of carbonyl (C=O) groups is 1. The van der Waals surface area contributed by atoms with E-state index in [-0.39, 0.29) is 23.6 Å². The summed E-state index contributed by atoms with van der Waals surface area (Å²) in [7, 11) is 1.53. The zero-order chi connectivity index (χ0) is 24.3. The first-order valence-electron chi connectivity index (χ1n) is 10.5. The van der Waals surface area contributed by atoms with Crippen molar-refractivity contribution >= 4 is 28.9 Å². The molecule has 0 radical (unpaired) electrons. The number of hydrogen-bond donors (Lipinski definition) is 1. The standard InChI is InChI=1S/C26H25ClF3NO2/c1-16(2)13-22(25(32)33)21-14-18(17-7-5-4-6-8-17)15-23(24(21)26(28,29)30)31(3)20-11-9-19(27)10-12-20/h4-12,14-16,22H,13H2,1-3H3,(H,32,33). The predicted octanol–water partition coefficient (Wildman–Crippen LogP) is 8.01. The van der Waals surface area contributed by atoms with E-state index < -0.39 is 23.6 Å². The lowest BCUT2D eigenvalue weighted by Crippen LogP contribution is -2.23. The summed E-state index contributed by atoms with van der Waals surface area (Å²) < 4.78 is 43.5. The largest absolute Gasteiger partial charge is 0.481 e. The normalized spacial score (nSPS) is 12.6. The third-order valence-electron chi connectivity index (χ3n) is 5.49. The molecule has 174 valence electrons. The van der Waals surface area contributed by atoms with Crippen molar-refractivity contribution in [2.45, 2.75) is 32.4 Å². The number of carboxylic acids is 1. The van der Waals surface area contributed by atoms with E-state index in [0.29, 0.717) is 21.8 Å². The second kappa shape index (κ2) is 9.87. The first-order chi connectivity index (χ1) is 15.5. The molecule has 0 fully saturated rings. The molecule has 0 bridgehead atoms. The molecule has 3 rings (SSSR count). The molecule has 1 N–H and O–H groups in total. The van der Waals surface area contributed by atoms with Crippen molar-refractivity contribution < 1.29 is 23.1 Å². The lowest BCUT2D eigenvalue weighted by molar-refractivity contribution is -0.141. The van der Waals surface area contributed by atoms with Crippen LogP contribution in [-0.2, 0) is 11.0 Å². The molecule has 0 spiro atoms. The summed E-state index contributed by atoms with van der Waals surface area (Å²) in [6.45, 7) is 3.59. The van der Waals surface area contributed by atoms with Crippen LogP contribution in [0.1, 0.15) is 37.3 Å². The average Bonchev–Trinajstić information content (AvgIpc) is 2.76. The van der Waals surface area contributed by atoms with Gasteiger partial charge in [-0.1, -0.05) is 55.8 Å². The molecule has 0 aliphatic carbocycles. The summed E-state index contributed by atoms with van der Waals surface area (Å²) in [5, 5.41) is 10.4. The van der Waals surface area contributed by atoms with Gasteiger partial charge in [0, 0.05) is 17.8 Å². The smallest absolute Gasteiger partial charge is 0.418 e. The fourth-order valence-corrected chi connectivity index (χ4v) is 4.06. The van der Waals surface area contributed by atoms with Crippen molar-refractivity contribution in [2.24, 2.45) is 5.92 Å². The molecule has 1 atom stereocenters. The molecule has 1 unspecified atom stereocenters. The third kappa shape index (κ3) is 5.69. The van der Waals surface area contributed by atoms with E-state index in [1.807, 2.05) is 6.07 Å². The van der Waals surface area contributed by atoms with Crippen LogP contribution in [0.4, 0.5) is 24.5 Å². The Morgan fingerprint density at radius 1 is 1.00 bits per heavy atom. The van der Waals surface area contributed by atoms with Crippen LogP contribution in [0.15, 0.2) is 66.7 Å². The SMILES string of the molecule is CC(C)CC(C(=O)O)c1cc(-c2ccccc2)cc(N(C)c2ccc(Cl)cc2)c1C(F)(F)F. The molecule has 33 heavy (non-hydrogen) atoms. The molecule has 0 heterocycles. The van der Waals surface area contributed by atoms with Gasteiger partial charge in [-0.2, -0.15) is 13.2 Å². The quantitative estimate of drug-likeness (QED) is 0.376. The molecule has 3 aromatic rings. The number of carboxylic acid groups (broad SMARTS) is 1. The zero-order valence-corrected chi connectivity index (χ0v) is 19.3. The average molecular weight is 476 g/mol. The van der Waals surface area contributed by atoms with Gasteiger partial charge in [-0.05, 0) is 65.4 Å². The van der Waals surface area contributed by atoms with Gasteiger partial charge in [0.05, 0.1) is 17.2 Å². The number of benzene rings is 3. The summed E-state index contributed by atoms with van der Waals surface area (Å²) in [6, 6.07) is 18.3. The number of aliphatic carboxylic acids is 1. The Balaban J connectivity index is 2.35. The number of alkyl halides is 3. The molecule has 0 saturated carbocycles. The van der Waals surface area contributed by atoms with Gasteiger partial charge in [-0.25, -0.2) is 0 Å². The second-order valence-electron chi connectivity index (χ2n) is 8.38. The minimum absolute atomic E-state index is 0.0841. The maximum absolute atomic E-state index is 14.5. The van der Waals surface area contributed by atoms with Crippen LogP contribution < -0.4 is 4.90 Å². The highest BCUT2D eigenvalue weighted by molar-refractivity contribution is 6.30. The van der Waals surface area contributed by atoms with E-state index in [4.69, 9.17) is 11.6 Å². The van der Waals surface area contributed by atoms with Crippen molar-refractivity contribution in [3.8, 4) is 11.1 Å². The molecule has 0 amide bonds. The maximum Gasteiger partial charge on any atom is 0.418 e. The van der Waals surface area contributed by atoms with Crippen LogP contribution in [0.3, 0.4) is 0 Å². The van der Waals surface area contributed by atoms with E-state index in [0.717, 1.165) is 0 Å². The van der Waals surface area contributed by atoms with Gasteiger partial charge in [0.15, 0.2) is 0 Å². The number of rotatable bonds is 7. The van der Waals surface area contributed by atoms with Crippen molar-refractivity contribution in [1.29, 1.82) is 0 Å². The van der Waals surface area contributed by atoms with Gasteiger partial charge in [-0.15, -0.1) is 0 Å². The Labute approximate surface area is 196 Å². The maximum atomic E-state index is 14.5. The molecule has 0 aliphatic heterocycles. The van der Waals surface area contributed by atoms with Crippen LogP contribution in [0.5, 0.6) is 0 Å². The lowest BCUT2D eigenvalue weighted by atomic mass is 9.84. The van der Waals surface area contributed by atoms with Gasteiger partial charge in [0.25, 0.3) is 0 Å². The fourth-order valence-electron chi connectivity index (χ4n) is 3.93. The molecule has 7 heteroatoms. The zero-order valence-electron chi connectivity index (χ0n) is 18.5. The molecule has 0 aliphatic rings. The van der Waals surface area contributed by atoms with Crippen LogP contribution in [-0.4, -0.2) is 18.1 Å². The molecule has 3 nitrogen and oxygen atoms in total. The van der Waals surface area contributed by atoms with E-state index in [1.54, 1.807) is 62.4 Å². The summed E-state index contributed by atoms with van der Waals surface area (Å²) in [4.78, 5) is 13.6.